The zero-order chi connectivity index (χ0) is 32.0. The van der Waals surface area contributed by atoms with Gasteiger partial charge in [-0.25, -0.2) is 28.9 Å². The summed E-state index contributed by atoms with van der Waals surface area (Å²) < 4.78 is 28.2. The number of piperazine rings is 1. The van der Waals surface area contributed by atoms with E-state index in [1.807, 2.05) is 38.0 Å². The summed E-state index contributed by atoms with van der Waals surface area (Å²) >= 11 is 9.37. The normalized spacial score (nSPS) is 14.3. The standard InChI is InChI=1S/C30H34ClFN6O4S2/c1-29(2,3)41-27(39)36-26-33-22-16(9-8-10-19(22)44-26)20-18(31)15-17-23(21(20)32)34-25(43-7)35-24(17)37-11-13-38(14-12-37)28(40)42-30(4,5)6/h8-10,15H,11-14H2,1-7H3,(H,33,36,39). The van der Waals surface area contributed by atoms with E-state index in [0.717, 1.165) is 4.70 Å². The van der Waals surface area contributed by atoms with Crippen molar-refractivity contribution in [3.05, 3.63) is 35.1 Å². The number of para-hydroxylation sites is 1. The first-order valence-corrected chi connectivity index (χ1v) is 16.4. The fourth-order valence-corrected chi connectivity index (χ4v) is 6.29. The molecule has 3 heterocycles. The van der Waals surface area contributed by atoms with Crippen LogP contribution in [0, 0.1) is 5.82 Å². The van der Waals surface area contributed by atoms with Crippen LogP contribution in [-0.2, 0) is 9.47 Å². The molecule has 2 aromatic carbocycles. The molecule has 0 bridgehead atoms. The minimum Gasteiger partial charge on any atom is -0.444 e. The monoisotopic (exact) mass is 660 g/mol. The van der Waals surface area contributed by atoms with Gasteiger partial charge in [0.25, 0.3) is 0 Å². The second-order valence-corrected chi connectivity index (χ2v) is 14.4. The van der Waals surface area contributed by atoms with Gasteiger partial charge in [0.15, 0.2) is 16.1 Å². The van der Waals surface area contributed by atoms with Gasteiger partial charge in [-0.2, -0.15) is 0 Å². The highest BCUT2D eigenvalue weighted by molar-refractivity contribution is 7.98. The quantitative estimate of drug-likeness (QED) is 0.173. The van der Waals surface area contributed by atoms with Crippen molar-refractivity contribution in [2.75, 3.05) is 42.7 Å². The molecule has 0 radical (unpaired) electrons. The smallest absolute Gasteiger partial charge is 0.413 e. The Morgan fingerprint density at radius 2 is 1.68 bits per heavy atom. The molecule has 10 nitrogen and oxygen atoms in total. The number of anilines is 2. The molecule has 0 aliphatic carbocycles. The second-order valence-electron chi connectivity index (χ2n) is 12.2. The van der Waals surface area contributed by atoms with Gasteiger partial charge < -0.3 is 19.3 Å². The van der Waals surface area contributed by atoms with Gasteiger partial charge in [-0.05, 0) is 59.9 Å². The van der Waals surface area contributed by atoms with Crippen molar-refractivity contribution in [2.45, 2.75) is 57.9 Å². The maximum atomic E-state index is 16.5. The first kappa shape index (κ1) is 32.0. The molecule has 1 N–H and O–H groups in total. The number of carbonyl (C=O) groups is 2. The molecule has 0 saturated carbocycles. The topological polar surface area (TPSA) is 110 Å². The van der Waals surface area contributed by atoms with Crippen LogP contribution in [0.15, 0.2) is 29.4 Å². The Bertz CT molecular complexity index is 1750. The van der Waals surface area contributed by atoms with Crippen molar-refractivity contribution in [3.63, 3.8) is 0 Å². The number of nitrogens with zero attached hydrogens (tertiary/aromatic N) is 5. The third-order valence-electron chi connectivity index (χ3n) is 6.55. The highest BCUT2D eigenvalue weighted by atomic mass is 35.5. The number of hydrogen-bond donors (Lipinski definition) is 1. The zero-order valence-corrected chi connectivity index (χ0v) is 28.0. The van der Waals surface area contributed by atoms with Crippen LogP contribution < -0.4 is 10.2 Å². The van der Waals surface area contributed by atoms with E-state index in [-0.39, 0.29) is 22.2 Å². The van der Waals surface area contributed by atoms with Gasteiger partial charge in [0.05, 0.1) is 15.2 Å². The number of nitrogens with one attached hydrogen (secondary N) is 1. The first-order chi connectivity index (χ1) is 20.6. The summed E-state index contributed by atoms with van der Waals surface area (Å²) in [4.78, 5) is 42.4. The molecule has 234 valence electrons. The molecule has 2 aromatic heterocycles. The van der Waals surface area contributed by atoms with E-state index < -0.39 is 23.1 Å². The Kier molecular flexibility index (Phi) is 8.85. The van der Waals surface area contributed by atoms with Crippen molar-refractivity contribution < 1.29 is 23.5 Å². The van der Waals surface area contributed by atoms with Gasteiger partial charge >= 0.3 is 12.2 Å². The Morgan fingerprint density at radius 3 is 2.32 bits per heavy atom. The maximum Gasteiger partial charge on any atom is 0.413 e. The van der Waals surface area contributed by atoms with Crippen LogP contribution >= 0.6 is 34.7 Å². The van der Waals surface area contributed by atoms with Gasteiger partial charge in [-0.1, -0.05) is 46.8 Å². The van der Waals surface area contributed by atoms with Crippen molar-refractivity contribution in [1.29, 1.82) is 0 Å². The van der Waals surface area contributed by atoms with E-state index >= 15 is 4.39 Å². The number of rotatable bonds is 4. The van der Waals surface area contributed by atoms with E-state index in [0.29, 0.717) is 58.8 Å². The third kappa shape index (κ3) is 6.94. The van der Waals surface area contributed by atoms with Gasteiger partial charge in [-0.3, -0.25) is 5.32 Å². The molecule has 5 rings (SSSR count). The summed E-state index contributed by atoms with van der Waals surface area (Å²) in [5.41, 5.74) is -0.0121. The number of halogens is 2. The minimum atomic E-state index is -0.671. The fourth-order valence-electron chi connectivity index (χ4n) is 4.76. The van der Waals surface area contributed by atoms with Crippen molar-refractivity contribution >= 4 is 79.0 Å². The number of thioether (sulfide) groups is 1. The predicted octanol–water partition coefficient (Wildman–Crippen LogP) is 7.83. The molecule has 1 aliphatic heterocycles. The molecule has 4 aromatic rings. The predicted molar refractivity (Wildman–Crippen MR) is 175 cm³/mol. The molecular weight excluding hydrogens is 627 g/mol. The number of hydrogen-bond acceptors (Lipinski definition) is 10. The Morgan fingerprint density at radius 1 is 1.00 bits per heavy atom. The number of aromatic nitrogens is 3. The molecule has 0 unspecified atom stereocenters. The zero-order valence-electron chi connectivity index (χ0n) is 25.6. The van der Waals surface area contributed by atoms with Crippen LogP contribution in [0.5, 0.6) is 0 Å². The fraction of sp³-hybridized carbons (Fsp3) is 0.433. The summed E-state index contributed by atoms with van der Waals surface area (Å²) in [5.74, 6) is -0.0488. The molecule has 14 heteroatoms. The van der Waals surface area contributed by atoms with E-state index in [2.05, 4.69) is 15.3 Å². The summed E-state index contributed by atoms with van der Waals surface area (Å²) in [6.07, 6.45) is 0.831. The van der Waals surface area contributed by atoms with Crippen LogP contribution in [0.25, 0.3) is 32.2 Å². The maximum absolute atomic E-state index is 16.5. The Hall–Kier alpha value is -3.42. The number of benzene rings is 2. The molecule has 1 aliphatic rings. The van der Waals surface area contributed by atoms with Gasteiger partial charge in [0.2, 0.25) is 0 Å². The van der Waals surface area contributed by atoms with E-state index in [9.17, 15) is 9.59 Å². The highest BCUT2D eigenvalue weighted by Gasteiger charge is 2.29. The molecule has 0 atom stereocenters. The average Bonchev–Trinajstić information content (AvgIpc) is 3.33. The molecule has 1 fully saturated rings. The summed E-state index contributed by atoms with van der Waals surface area (Å²) in [7, 11) is 0. The number of fused-ring (bicyclic) bond motifs is 2. The molecule has 44 heavy (non-hydrogen) atoms. The lowest BCUT2D eigenvalue weighted by Gasteiger charge is -2.36. The number of thiazole rings is 1. The van der Waals surface area contributed by atoms with Crippen LogP contribution in [0.4, 0.5) is 24.9 Å². The summed E-state index contributed by atoms with van der Waals surface area (Å²) in [5, 5.41) is 4.03. The minimum absolute atomic E-state index is 0.132. The van der Waals surface area contributed by atoms with Gasteiger partial charge in [0, 0.05) is 42.7 Å². The van der Waals surface area contributed by atoms with Crippen LogP contribution in [0.1, 0.15) is 41.5 Å². The van der Waals surface area contributed by atoms with Gasteiger partial charge in [0.1, 0.15) is 22.5 Å². The van der Waals surface area contributed by atoms with Crippen molar-refractivity contribution in [1.82, 2.24) is 19.9 Å². The SMILES string of the molecule is CSc1nc(N2CCN(C(=O)OC(C)(C)C)CC2)c2cc(Cl)c(-c3cccc4sc(NC(=O)OC(C)(C)C)nc34)c(F)c2n1. The second kappa shape index (κ2) is 12.2. The largest absolute Gasteiger partial charge is 0.444 e. The van der Waals surface area contributed by atoms with Crippen LogP contribution in [0.2, 0.25) is 5.02 Å². The molecule has 2 amide bonds. The lowest BCUT2D eigenvalue weighted by Crippen LogP contribution is -2.50. The van der Waals surface area contributed by atoms with Crippen LogP contribution in [-0.4, -0.2) is 75.7 Å². The van der Waals surface area contributed by atoms with E-state index in [1.165, 1.54) is 23.1 Å². The average molecular weight is 661 g/mol. The molecule has 1 saturated heterocycles. The van der Waals surface area contributed by atoms with Crippen molar-refractivity contribution in [3.8, 4) is 11.1 Å². The van der Waals surface area contributed by atoms with Crippen molar-refractivity contribution in [2.24, 2.45) is 0 Å². The van der Waals surface area contributed by atoms with E-state index in [1.54, 1.807) is 43.9 Å². The molecular formula is C30H34ClFN6O4S2. The number of ether oxygens (including phenoxy) is 2. The Labute approximate surface area is 268 Å². The first-order valence-electron chi connectivity index (χ1n) is 14.0. The van der Waals surface area contributed by atoms with E-state index in [4.69, 9.17) is 26.1 Å². The van der Waals surface area contributed by atoms with Crippen LogP contribution in [0.3, 0.4) is 0 Å². The third-order valence-corrected chi connectivity index (χ3v) is 8.33. The highest BCUT2D eigenvalue weighted by Crippen LogP contribution is 2.42. The number of carbonyl (C=O) groups excluding carboxylic acids is 2. The van der Waals surface area contributed by atoms with Gasteiger partial charge in [-0.15, -0.1) is 0 Å². The number of amides is 2. The molecule has 0 spiro atoms. The Balaban J connectivity index is 1.51. The summed E-state index contributed by atoms with van der Waals surface area (Å²) in [6.45, 7) is 12.6. The lowest BCUT2D eigenvalue weighted by molar-refractivity contribution is 0.0240. The summed E-state index contributed by atoms with van der Waals surface area (Å²) in [6, 6.07) is 7.05. The lowest BCUT2D eigenvalue weighted by atomic mass is 10.0.